The van der Waals surface area contributed by atoms with Crippen molar-refractivity contribution in [2.45, 2.75) is 51.6 Å². The van der Waals surface area contributed by atoms with Gasteiger partial charge in [0.2, 0.25) is 0 Å². The molecule has 1 aliphatic heterocycles. The molecule has 1 aliphatic rings. The second-order valence-corrected chi connectivity index (χ2v) is 9.64. The van der Waals surface area contributed by atoms with Gasteiger partial charge in [-0.15, -0.1) is 0 Å². The van der Waals surface area contributed by atoms with Crippen LogP contribution in [0.25, 0.3) is 11.3 Å². The van der Waals surface area contributed by atoms with Crippen molar-refractivity contribution >= 4 is 29.3 Å². The van der Waals surface area contributed by atoms with Gasteiger partial charge in [0, 0.05) is 43.1 Å². The zero-order chi connectivity index (χ0) is 27.5. The van der Waals surface area contributed by atoms with Crippen LogP contribution >= 0.6 is 0 Å². The Morgan fingerprint density at radius 1 is 1.03 bits per heavy atom. The van der Waals surface area contributed by atoms with Gasteiger partial charge >= 0.3 is 6.03 Å². The lowest BCUT2D eigenvalue weighted by atomic mass is 10.1. The number of nitrogens with one attached hydrogen (secondary N) is 5. The zero-order valence-corrected chi connectivity index (χ0v) is 22.4. The summed E-state index contributed by atoms with van der Waals surface area (Å²) < 4.78 is 0. The molecule has 4 rings (SSSR count). The fourth-order valence-electron chi connectivity index (χ4n) is 4.53. The summed E-state index contributed by atoms with van der Waals surface area (Å²) >= 11 is 0. The molecule has 1 atom stereocenters. The first kappa shape index (κ1) is 27.8. The van der Waals surface area contributed by atoms with Crippen molar-refractivity contribution in [2.24, 2.45) is 0 Å². The van der Waals surface area contributed by atoms with Crippen LogP contribution in [0.1, 0.15) is 54.9 Å². The van der Waals surface area contributed by atoms with Gasteiger partial charge in [0.25, 0.3) is 5.91 Å². The molecular weight excluding hydrogens is 492 g/mol. The maximum atomic E-state index is 12.9. The first-order valence-electron chi connectivity index (χ1n) is 13.6. The molecule has 1 saturated heterocycles. The highest BCUT2D eigenvalue weighted by Crippen LogP contribution is 2.24. The van der Waals surface area contributed by atoms with E-state index in [4.69, 9.17) is 10.7 Å². The van der Waals surface area contributed by atoms with E-state index in [-0.39, 0.29) is 11.9 Å². The third-order valence-corrected chi connectivity index (χ3v) is 6.66. The molecule has 2 aromatic heterocycles. The average Bonchev–Trinajstić information content (AvgIpc) is 3.22. The van der Waals surface area contributed by atoms with Crippen molar-refractivity contribution in [1.82, 2.24) is 25.9 Å². The van der Waals surface area contributed by atoms with E-state index in [0.717, 1.165) is 36.2 Å². The Morgan fingerprint density at radius 2 is 1.87 bits per heavy atom. The van der Waals surface area contributed by atoms with Crippen LogP contribution in [0, 0.1) is 0 Å². The molecule has 0 aliphatic carbocycles. The highest BCUT2D eigenvalue weighted by molar-refractivity contribution is 5.99. The first-order valence-corrected chi connectivity index (χ1v) is 13.6. The Labute approximate surface area is 229 Å². The number of nitrogens with two attached hydrogens (primary N) is 1. The standard InChI is InChI=1S/C29H38N8O2/c1-2-31-27-24(28(38)33-17-15-22-6-4-3-5-16-32-22)12-13-25(37-27)21-8-10-23(11-9-21)36-29(39)35-19-20-7-14-26(30)34-18-20/h7-14,18,22,32H,2-6,15-17,19H2,1H3,(H2,30,34)(H,31,37)(H,33,38)(H2,35,36,39). The maximum Gasteiger partial charge on any atom is 0.319 e. The minimum absolute atomic E-state index is 0.126. The number of amides is 3. The van der Waals surface area contributed by atoms with Crippen molar-refractivity contribution in [3.63, 3.8) is 0 Å². The normalized spacial score (nSPS) is 15.2. The number of aromatic nitrogens is 2. The van der Waals surface area contributed by atoms with Gasteiger partial charge < -0.3 is 32.3 Å². The molecule has 39 heavy (non-hydrogen) atoms. The summed E-state index contributed by atoms with van der Waals surface area (Å²) in [6, 6.07) is 14.7. The second kappa shape index (κ2) is 14.1. The highest BCUT2D eigenvalue weighted by atomic mass is 16.2. The molecule has 0 saturated carbocycles. The Morgan fingerprint density at radius 3 is 2.64 bits per heavy atom. The van der Waals surface area contributed by atoms with E-state index in [1.165, 1.54) is 19.3 Å². The fourth-order valence-corrected chi connectivity index (χ4v) is 4.53. The quantitative estimate of drug-likeness (QED) is 0.231. The van der Waals surface area contributed by atoms with Gasteiger partial charge in [0.05, 0.1) is 11.3 Å². The summed E-state index contributed by atoms with van der Waals surface area (Å²) in [6.45, 7) is 4.64. The lowest BCUT2D eigenvalue weighted by Gasteiger charge is -2.16. The third-order valence-electron chi connectivity index (χ3n) is 6.66. The van der Waals surface area contributed by atoms with Gasteiger partial charge in [-0.2, -0.15) is 0 Å². The number of carbonyl (C=O) groups excluding carboxylic acids is 2. The van der Waals surface area contributed by atoms with Crippen LogP contribution in [-0.2, 0) is 6.54 Å². The first-order chi connectivity index (χ1) is 19.0. The number of hydrogen-bond acceptors (Lipinski definition) is 7. The van der Waals surface area contributed by atoms with E-state index in [2.05, 4.69) is 31.6 Å². The van der Waals surface area contributed by atoms with E-state index in [9.17, 15) is 9.59 Å². The SMILES string of the molecule is CCNc1nc(-c2ccc(NC(=O)NCc3ccc(N)nc3)cc2)ccc1C(=O)NCCC1CCCCCN1. The summed E-state index contributed by atoms with van der Waals surface area (Å²) in [7, 11) is 0. The van der Waals surface area contributed by atoms with E-state index >= 15 is 0 Å². The molecule has 0 spiro atoms. The lowest BCUT2D eigenvalue weighted by molar-refractivity contribution is 0.0952. The molecule has 1 unspecified atom stereocenters. The molecule has 3 amide bonds. The van der Waals surface area contributed by atoms with Crippen LogP contribution in [0.5, 0.6) is 0 Å². The Hall–Kier alpha value is -4.18. The van der Waals surface area contributed by atoms with Crippen LogP contribution in [0.2, 0.25) is 0 Å². The van der Waals surface area contributed by atoms with Crippen molar-refractivity contribution in [3.05, 3.63) is 65.9 Å². The minimum Gasteiger partial charge on any atom is -0.384 e. The molecule has 3 heterocycles. The monoisotopic (exact) mass is 530 g/mol. The van der Waals surface area contributed by atoms with Crippen molar-refractivity contribution in [1.29, 1.82) is 0 Å². The Kier molecular flexibility index (Phi) is 10.1. The molecule has 10 heteroatoms. The topological polar surface area (TPSA) is 146 Å². The number of anilines is 3. The molecule has 7 N–H and O–H groups in total. The molecule has 0 radical (unpaired) electrons. The molecule has 0 bridgehead atoms. The fraction of sp³-hybridized carbons (Fsp3) is 0.379. The smallest absolute Gasteiger partial charge is 0.319 e. The number of nitrogens with zero attached hydrogens (tertiary/aromatic N) is 2. The number of carbonyl (C=O) groups is 2. The van der Waals surface area contributed by atoms with Gasteiger partial charge in [-0.25, -0.2) is 14.8 Å². The van der Waals surface area contributed by atoms with Gasteiger partial charge in [0.1, 0.15) is 11.6 Å². The van der Waals surface area contributed by atoms with Gasteiger partial charge in [0.15, 0.2) is 0 Å². The van der Waals surface area contributed by atoms with E-state index in [1.807, 2.05) is 49.4 Å². The molecule has 1 fully saturated rings. The van der Waals surface area contributed by atoms with E-state index in [0.29, 0.717) is 48.6 Å². The molecular formula is C29H38N8O2. The number of nitrogen functional groups attached to an aromatic ring is 1. The van der Waals surface area contributed by atoms with Crippen LogP contribution in [-0.4, -0.2) is 47.6 Å². The maximum absolute atomic E-state index is 12.9. The van der Waals surface area contributed by atoms with Gasteiger partial charge in [-0.1, -0.05) is 31.0 Å². The molecule has 10 nitrogen and oxygen atoms in total. The summed E-state index contributed by atoms with van der Waals surface area (Å²) in [5.74, 6) is 0.865. The summed E-state index contributed by atoms with van der Waals surface area (Å²) in [5, 5.41) is 15.5. The average molecular weight is 531 g/mol. The highest BCUT2D eigenvalue weighted by Gasteiger charge is 2.16. The Balaban J connectivity index is 1.33. The predicted octanol–water partition coefficient (Wildman–Crippen LogP) is 4.13. The van der Waals surface area contributed by atoms with E-state index in [1.54, 1.807) is 12.3 Å². The number of urea groups is 1. The van der Waals surface area contributed by atoms with Crippen LogP contribution in [0.15, 0.2) is 54.7 Å². The number of benzene rings is 1. The van der Waals surface area contributed by atoms with Crippen molar-refractivity contribution in [2.75, 3.05) is 36.0 Å². The lowest BCUT2D eigenvalue weighted by Crippen LogP contribution is -2.34. The summed E-state index contributed by atoms with van der Waals surface area (Å²) in [5.41, 5.74) is 9.23. The number of rotatable bonds is 10. The van der Waals surface area contributed by atoms with Gasteiger partial charge in [-0.3, -0.25) is 4.79 Å². The zero-order valence-electron chi connectivity index (χ0n) is 22.4. The summed E-state index contributed by atoms with van der Waals surface area (Å²) in [6.07, 6.45) is 7.46. The molecule has 3 aromatic rings. The Bertz CT molecular complexity index is 1220. The third kappa shape index (κ3) is 8.41. The predicted molar refractivity (Wildman–Crippen MR) is 156 cm³/mol. The largest absolute Gasteiger partial charge is 0.384 e. The van der Waals surface area contributed by atoms with Crippen LogP contribution < -0.4 is 32.3 Å². The number of pyridine rings is 2. The molecule has 1 aromatic carbocycles. The summed E-state index contributed by atoms with van der Waals surface area (Å²) in [4.78, 5) is 34.0. The number of hydrogen-bond donors (Lipinski definition) is 6. The second-order valence-electron chi connectivity index (χ2n) is 9.64. The van der Waals surface area contributed by atoms with Crippen molar-refractivity contribution < 1.29 is 9.59 Å². The van der Waals surface area contributed by atoms with E-state index < -0.39 is 0 Å². The van der Waals surface area contributed by atoms with Crippen molar-refractivity contribution in [3.8, 4) is 11.3 Å². The minimum atomic E-state index is -0.322. The van der Waals surface area contributed by atoms with Crippen LogP contribution in [0.3, 0.4) is 0 Å². The van der Waals surface area contributed by atoms with Gasteiger partial charge in [-0.05, 0) is 68.6 Å². The molecule has 206 valence electrons. The van der Waals surface area contributed by atoms with Crippen LogP contribution in [0.4, 0.5) is 22.1 Å².